The molecule has 2 aromatic carbocycles. The van der Waals surface area contributed by atoms with E-state index in [-0.39, 0.29) is 5.02 Å². The molecule has 3 nitrogen and oxygen atoms in total. The summed E-state index contributed by atoms with van der Waals surface area (Å²) in [5.41, 5.74) is 0.555. The van der Waals surface area contributed by atoms with Crippen molar-refractivity contribution in [3.05, 3.63) is 52.5 Å². The number of halogens is 5. The molecule has 3 rings (SSSR count). The molecule has 1 N–H and O–H groups in total. The van der Waals surface area contributed by atoms with Gasteiger partial charge in [0.25, 0.3) is 0 Å². The monoisotopic (exact) mass is 461 g/mol. The van der Waals surface area contributed by atoms with Crippen molar-refractivity contribution in [1.29, 1.82) is 0 Å². The zero-order valence-electron chi connectivity index (χ0n) is 16.3. The Morgan fingerprint density at radius 3 is 2.47 bits per heavy atom. The molecular formula is C22H24Cl2F3NO2. The van der Waals surface area contributed by atoms with Crippen LogP contribution in [0.3, 0.4) is 0 Å². The summed E-state index contributed by atoms with van der Waals surface area (Å²) < 4.78 is 44.9. The number of anilines is 1. The summed E-state index contributed by atoms with van der Waals surface area (Å²) >= 11 is 12.2. The van der Waals surface area contributed by atoms with Gasteiger partial charge in [-0.2, -0.15) is 13.2 Å². The van der Waals surface area contributed by atoms with Crippen LogP contribution >= 0.6 is 23.2 Å². The Kier molecular flexibility index (Phi) is 7.77. The average Bonchev–Trinajstić information content (AvgIpc) is 2.71. The summed E-state index contributed by atoms with van der Waals surface area (Å²) in [6.07, 6.45) is -1.82. The van der Waals surface area contributed by atoms with E-state index in [9.17, 15) is 18.3 Å². The summed E-state index contributed by atoms with van der Waals surface area (Å²) in [7, 11) is 0. The summed E-state index contributed by atoms with van der Waals surface area (Å²) in [5.74, 6) is 1.08. The third kappa shape index (κ3) is 6.19. The van der Waals surface area contributed by atoms with Crippen molar-refractivity contribution in [3.8, 4) is 11.5 Å². The topological polar surface area (TPSA) is 32.7 Å². The molecule has 164 valence electrons. The van der Waals surface area contributed by atoms with Crippen LogP contribution < -0.4 is 9.64 Å². The first kappa shape index (κ1) is 23.0. The van der Waals surface area contributed by atoms with Crippen molar-refractivity contribution in [2.45, 2.75) is 44.4 Å². The first-order valence-corrected chi connectivity index (χ1v) is 10.7. The first-order valence-electron chi connectivity index (χ1n) is 9.95. The van der Waals surface area contributed by atoms with Crippen LogP contribution in [0.25, 0.3) is 0 Å². The van der Waals surface area contributed by atoms with Crippen molar-refractivity contribution in [2.24, 2.45) is 5.92 Å². The molecule has 0 heterocycles. The fraction of sp³-hybridized carbons (Fsp3) is 0.455. The van der Waals surface area contributed by atoms with Crippen molar-refractivity contribution in [2.75, 3.05) is 18.0 Å². The van der Waals surface area contributed by atoms with Crippen molar-refractivity contribution < 1.29 is 23.0 Å². The van der Waals surface area contributed by atoms with Crippen molar-refractivity contribution in [1.82, 2.24) is 0 Å². The Morgan fingerprint density at radius 2 is 1.77 bits per heavy atom. The van der Waals surface area contributed by atoms with E-state index >= 15 is 0 Å². The van der Waals surface area contributed by atoms with E-state index in [1.165, 1.54) is 0 Å². The van der Waals surface area contributed by atoms with Crippen LogP contribution in [-0.2, 0) is 0 Å². The lowest BCUT2D eigenvalue weighted by Crippen LogP contribution is -2.43. The minimum atomic E-state index is -4.67. The van der Waals surface area contributed by atoms with Gasteiger partial charge in [-0.3, -0.25) is 0 Å². The molecule has 30 heavy (non-hydrogen) atoms. The Labute approximate surface area is 184 Å². The van der Waals surface area contributed by atoms with E-state index in [4.69, 9.17) is 27.9 Å². The minimum absolute atomic E-state index is 0.260. The maximum Gasteiger partial charge on any atom is 0.416 e. The SMILES string of the molecule is OC(CN(CC1CCCCC1)c1cccc(Oc2cccc(Cl)c2Cl)c1)C(F)(F)F. The highest BCUT2D eigenvalue weighted by Gasteiger charge is 2.39. The maximum absolute atomic E-state index is 13.0. The van der Waals surface area contributed by atoms with Gasteiger partial charge in [0.2, 0.25) is 0 Å². The van der Waals surface area contributed by atoms with Crippen molar-refractivity contribution >= 4 is 28.9 Å². The number of benzene rings is 2. The molecule has 1 atom stereocenters. The second-order valence-corrected chi connectivity index (χ2v) is 8.40. The molecule has 0 spiro atoms. The molecule has 8 heteroatoms. The van der Waals surface area contributed by atoms with Gasteiger partial charge in [0.15, 0.2) is 6.10 Å². The molecule has 0 amide bonds. The molecule has 1 saturated carbocycles. The largest absolute Gasteiger partial charge is 0.456 e. The Morgan fingerprint density at radius 1 is 1.07 bits per heavy atom. The quantitative estimate of drug-likeness (QED) is 0.477. The number of ether oxygens (including phenoxy) is 1. The van der Waals surface area contributed by atoms with Gasteiger partial charge in [-0.05, 0) is 43.0 Å². The second kappa shape index (κ2) is 10.1. The van der Waals surface area contributed by atoms with Crippen LogP contribution in [0.2, 0.25) is 10.0 Å². The van der Waals surface area contributed by atoms with Crippen LogP contribution in [0.4, 0.5) is 18.9 Å². The summed E-state index contributed by atoms with van der Waals surface area (Å²) in [6.45, 7) is -0.0735. The predicted octanol–water partition coefficient (Wildman–Crippen LogP) is 7.10. The Bertz CT molecular complexity index is 841. The Balaban J connectivity index is 1.82. The number of aliphatic hydroxyl groups excluding tert-OH is 1. The molecule has 0 bridgehead atoms. The number of aliphatic hydroxyl groups is 1. The van der Waals surface area contributed by atoms with E-state index < -0.39 is 18.8 Å². The zero-order chi connectivity index (χ0) is 21.7. The van der Waals surface area contributed by atoms with Gasteiger partial charge in [0.1, 0.15) is 16.5 Å². The molecule has 1 unspecified atom stereocenters. The van der Waals surface area contributed by atoms with Gasteiger partial charge in [-0.15, -0.1) is 0 Å². The number of hydrogen-bond acceptors (Lipinski definition) is 3. The van der Waals surface area contributed by atoms with Crippen LogP contribution in [-0.4, -0.2) is 30.5 Å². The van der Waals surface area contributed by atoms with Gasteiger partial charge < -0.3 is 14.7 Å². The van der Waals surface area contributed by atoms with Crippen LogP contribution in [0, 0.1) is 5.92 Å². The molecule has 0 aliphatic heterocycles. The highest BCUT2D eigenvalue weighted by molar-refractivity contribution is 6.42. The molecule has 1 aliphatic carbocycles. The van der Waals surface area contributed by atoms with Crippen LogP contribution in [0.5, 0.6) is 11.5 Å². The van der Waals surface area contributed by atoms with Gasteiger partial charge in [0, 0.05) is 18.3 Å². The van der Waals surface area contributed by atoms with Gasteiger partial charge >= 0.3 is 6.18 Å². The maximum atomic E-state index is 13.0. The molecule has 0 aromatic heterocycles. The number of nitrogens with zero attached hydrogens (tertiary/aromatic N) is 1. The molecular weight excluding hydrogens is 438 g/mol. The van der Waals surface area contributed by atoms with Crippen LogP contribution in [0.1, 0.15) is 32.1 Å². The van der Waals surface area contributed by atoms with Crippen LogP contribution in [0.15, 0.2) is 42.5 Å². The van der Waals surface area contributed by atoms with E-state index in [1.807, 2.05) is 0 Å². The average molecular weight is 462 g/mol. The first-order chi connectivity index (χ1) is 14.2. The summed E-state index contributed by atoms with van der Waals surface area (Å²) in [6, 6.07) is 11.8. The van der Waals surface area contributed by atoms with E-state index in [0.29, 0.717) is 34.7 Å². The standard InChI is InChI=1S/C22H24Cl2F3NO2/c23-18-10-5-11-19(21(18)24)30-17-9-4-8-16(12-17)28(14-20(29)22(25,26)27)13-15-6-2-1-3-7-15/h4-5,8-12,15,20,29H,1-3,6-7,13-14H2. The number of rotatable bonds is 7. The fourth-order valence-electron chi connectivity index (χ4n) is 3.71. The lowest BCUT2D eigenvalue weighted by Gasteiger charge is -2.33. The summed E-state index contributed by atoms with van der Waals surface area (Å²) in [4.78, 5) is 1.60. The Hall–Kier alpha value is -1.63. The smallest absolute Gasteiger partial charge is 0.416 e. The zero-order valence-corrected chi connectivity index (χ0v) is 17.9. The van der Waals surface area contributed by atoms with Gasteiger partial charge in [-0.1, -0.05) is 54.6 Å². The number of alkyl halides is 3. The summed E-state index contributed by atoms with van der Waals surface area (Å²) in [5, 5.41) is 10.3. The third-order valence-electron chi connectivity index (χ3n) is 5.30. The lowest BCUT2D eigenvalue weighted by molar-refractivity contribution is -0.200. The lowest BCUT2D eigenvalue weighted by atomic mass is 9.88. The highest BCUT2D eigenvalue weighted by atomic mass is 35.5. The number of hydrogen-bond donors (Lipinski definition) is 1. The molecule has 1 aliphatic rings. The van der Waals surface area contributed by atoms with E-state index in [0.717, 1.165) is 32.1 Å². The normalized spacial score (nSPS) is 16.3. The fourth-order valence-corrected chi connectivity index (χ4v) is 4.04. The minimum Gasteiger partial charge on any atom is -0.456 e. The van der Waals surface area contributed by atoms with E-state index in [2.05, 4.69) is 0 Å². The van der Waals surface area contributed by atoms with Crippen molar-refractivity contribution in [3.63, 3.8) is 0 Å². The second-order valence-electron chi connectivity index (χ2n) is 7.62. The molecule has 0 saturated heterocycles. The molecule has 2 aromatic rings. The highest BCUT2D eigenvalue weighted by Crippen LogP contribution is 2.36. The molecule has 1 fully saturated rings. The molecule has 0 radical (unpaired) electrons. The van der Waals surface area contributed by atoms with E-state index in [1.54, 1.807) is 47.4 Å². The third-order valence-corrected chi connectivity index (χ3v) is 6.10. The predicted molar refractivity (Wildman–Crippen MR) is 114 cm³/mol. The van der Waals surface area contributed by atoms with Gasteiger partial charge in [0.05, 0.1) is 11.6 Å². The van der Waals surface area contributed by atoms with Gasteiger partial charge in [-0.25, -0.2) is 0 Å².